The third-order valence-electron chi connectivity index (χ3n) is 3.92. The van der Waals surface area contributed by atoms with Gasteiger partial charge in [-0.2, -0.15) is 4.57 Å². The van der Waals surface area contributed by atoms with Crippen molar-refractivity contribution in [3.8, 4) is 0 Å². The smallest absolute Gasteiger partial charge is 0.269 e. The fourth-order valence-electron chi connectivity index (χ4n) is 2.50. The minimum atomic E-state index is -0.508. The monoisotopic (exact) mass is 347 g/mol. The predicted octanol–water partition coefficient (Wildman–Crippen LogP) is 3.00. The lowest BCUT2D eigenvalue weighted by Gasteiger charge is -2.01. The number of nitro groups is 1. The number of nitro benzene ring substituents is 1. The van der Waals surface area contributed by atoms with E-state index < -0.39 is 4.92 Å². The molecule has 0 radical (unpaired) electrons. The summed E-state index contributed by atoms with van der Waals surface area (Å²) in [4.78, 5) is 34.8. The van der Waals surface area contributed by atoms with Crippen molar-refractivity contribution in [3.63, 3.8) is 0 Å². The minimum Gasteiger partial charge on any atom is -0.289 e. The number of ketones is 2. The van der Waals surface area contributed by atoms with Crippen molar-refractivity contribution in [2.75, 3.05) is 0 Å². The van der Waals surface area contributed by atoms with E-state index in [1.807, 2.05) is 6.07 Å². The highest BCUT2D eigenvalue weighted by Gasteiger charge is 2.15. The molecule has 0 saturated heterocycles. The van der Waals surface area contributed by atoms with E-state index in [-0.39, 0.29) is 23.8 Å². The maximum Gasteiger partial charge on any atom is 0.269 e. The van der Waals surface area contributed by atoms with Gasteiger partial charge in [0, 0.05) is 41.0 Å². The predicted molar refractivity (Wildman–Crippen MR) is 93.9 cm³/mol. The number of hydrogen-bond acceptors (Lipinski definition) is 4. The van der Waals surface area contributed by atoms with E-state index in [4.69, 9.17) is 0 Å². The van der Waals surface area contributed by atoms with Crippen molar-refractivity contribution in [3.05, 3.63) is 106 Å². The van der Waals surface area contributed by atoms with Crippen molar-refractivity contribution < 1.29 is 19.1 Å². The normalized spacial score (nSPS) is 10.3. The topological polar surface area (TPSA) is 81.2 Å². The highest BCUT2D eigenvalue weighted by atomic mass is 16.6. The van der Waals surface area contributed by atoms with Crippen LogP contribution in [0, 0.1) is 10.1 Å². The Bertz CT molecular complexity index is 949. The van der Waals surface area contributed by atoms with E-state index >= 15 is 0 Å². The van der Waals surface area contributed by atoms with Crippen LogP contribution in [0.25, 0.3) is 0 Å². The van der Waals surface area contributed by atoms with Crippen molar-refractivity contribution in [2.45, 2.75) is 6.54 Å². The van der Waals surface area contributed by atoms with Crippen LogP contribution < -0.4 is 4.57 Å². The number of benzene rings is 2. The lowest BCUT2D eigenvalue weighted by molar-refractivity contribution is -0.683. The Morgan fingerprint density at radius 2 is 1.38 bits per heavy atom. The maximum absolute atomic E-state index is 12.4. The number of carbonyl (C=O) groups is 2. The van der Waals surface area contributed by atoms with Gasteiger partial charge < -0.3 is 0 Å². The molecule has 2 aromatic carbocycles. The molecule has 1 heterocycles. The quantitative estimate of drug-likeness (QED) is 0.297. The number of rotatable bonds is 6. The summed E-state index contributed by atoms with van der Waals surface area (Å²) < 4.78 is 1.66. The van der Waals surface area contributed by atoms with E-state index in [1.54, 1.807) is 53.4 Å². The molecule has 0 N–H and O–H groups in total. The van der Waals surface area contributed by atoms with Crippen LogP contribution in [-0.2, 0) is 6.54 Å². The van der Waals surface area contributed by atoms with Gasteiger partial charge in [0.1, 0.15) is 0 Å². The Labute approximate surface area is 149 Å². The Balaban J connectivity index is 1.70. The Hall–Kier alpha value is -3.67. The zero-order valence-electron chi connectivity index (χ0n) is 13.7. The molecule has 0 atom stereocenters. The average molecular weight is 347 g/mol. The van der Waals surface area contributed by atoms with E-state index in [0.29, 0.717) is 16.7 Å². The summed E-state index contributed by atoms with van der Waals surface area (Å²) in [6.07, 6.45) is 3.33. The summed E-state index contributed by atoms with van der Waals surface area (Å²) in [5, 5.41) is 10.7. The summed E-state index contributed by atoms with van der Waals surface area (Å²) in [7, 11) is 0. The number of nitrogens with zero attached hydrogens (tertiary/aromatic N) is 2. The second-order valence-electron chi connectivity index (χ2n) is 5.68. The van der Waals surface area contributed by atoms with Gasteiger partial charge in [0.2, 0.25) is 12.3 Å². The Morgan fingerprint density at radius 1 is 0.808 bits per heavy atom. The molecule has 0 bridgehead atoms. The van der Waals surface area contributed by atoms with E-state index in [2.05, 4.69) is 0 Å². The Morgan fingerprint density at radius 3 is 1.96 bits per heavy atom. The molecule has 0 saturated carbocycles. The molecule has 0 aliphatic rings. The average Bonchev–Trinajstić information content (AvgIpc) is 2.68. The highest BCUT2D eigenvalue weighted by Crippen LogP contribution is 2.12. The van der Waals surface area contributed by atoms with Gasteiger partial charge in [-0.05, 0) is 12.1 Å². The second kappa shape index (κ2) is 7.48. The molecule has 128 valence electrons. The van der Waals surface area contributed by atoms with Crippen LogP contribution in [0.3, 0.4) is 0 Å². The lowest BCUT2D eigenvalue weighted by atomic mass is 10.0. The summed E-state index contributed by atoms with van der Waals surface area (Å²) >= 11 is 0. The number of aromatic nitrogens is 1. The van der Waals surface area contributed by atoms with Crippen LogP contribution >= 0.6 is 0 Å². The molecule has 3 aromatic rings. The summed E-state index contributed by atoms with van der Waals surface area (Å²) in [5.74, 6) is -0.258. The Kier molecular flexibility index (Phi) is 4.94. The van der Waals surface area contributed by atoms with Gasteiger partial charge >= 0.3 is 0 Å². The molecule has 6 nitrogen and oxygen atoms in total. The molecule has 0 amide bonds. The van der Waals surface area contributed by atoms with Crippen LogP contribution in [0.1, 0.15) is 26.3 Å². The second-order valence-corrected chi connectivity index (χ2v) is 5.68. The van der Waals surface area contributed by atoms with Crippen molar-refractivity contribution in [1.29, 1.82) is 0 Å². The molecule has 0 unspecified atom stereocenters. The first-order valence-corrected chi connectivity index (χ1v) is 7.91. The first-order chi connectivity index (χ1) is 12.5. The van der Waals surface area contributed by atoms with Crippen LogP contribution in [-0.4, -0.2) is 16.5 Å². The molecule has 26 heavy (non-hydrogen) atoms. The van der Waals surface area contributed by atoms with Gasteiger partial charge in [0.25, 0.3) is 5.69 Å². The van der Waals surface area contributed by atoms with E-state index in [1.165, 1.54) is 24.3 Å². The summed E-state index contributed by atoms with van der Waals surface area (Å²) in [6.45, 7) is 0.0810. The zero-order chi connectivity index (χ0) is 18.5. The lowest BCUT2D eigenvalue weighted by Crippen LogP contribution is -2.37. The van der Waals surface area contributed by atoms with Crippen LogP contribution in [0.5, 0.6) is 0 Å². The highest BCUT2D eigenvalue weighted by molar-refractivity contribution is 6.08. The van der Waals surface area contributed by atoms with Crippen LogP contribution in [0.4, 0.5) is 5.69 Å². The molecule has 0 aliphatic carbocycles. The third-order valence-corrected chi connectivity index (χ3v) is 3.92. The molecule has 3 rings (SSSR count). The van der Waals surface area contributed by atoms with Gasteiger partial charge in [-0.3, -0.25) is 19.7 Å². The molecule has 1 aromatic heterocycles. The largest absolute Gasteiger partial charge is 0.289 e. The van der Waals surface area contributed by atoms with Gasteiger partial charge in [-0.25, -0.2) is 0 Å². The van der Waals surface area contributed by atoms with Gasteiger partial charge in [-0.15, -0.1) is 0 Å². The van der Waals surface area contributed by atoms with Crippen molar-refractivity contribution >= 4 is 17.3 Å². The molecule has 0 spiro atoms. The standard InChI is InChI=1S/C20H15N2O4/c23-19(15-6-8-18(9-7-15)22(25)26)14-21-12-10-17(11-13-21)20(24)16-4-2-1-3-5-16/h1-13H,14H2/q+1. The minimum absolute atomic E-state index is 0.0574. The fourth-order valence-corrected chi connectivity index (χ4v) is 2.50. The van der Waals surface area contributed by atoms with Crippen molar-refractivity contribution in [2.24, 2.45) is 0 Å². The molecule has 0 fully saturated rings. The molecular formula is C20H15N2O4+. The van der Waals surface area contributed by atoms with Crippen LogP contribution in [0.15, 0.2) is 79.1 Å². The first kappa shape index (κ1) is 17.2. The maximum atomic E-state index is 12.4. The molecular weight excluding hydrogens is 332 g/mol. The van der Waals surface area contributed by atoms with Gasteiger partial charge in [0.15, 0.2) is 18.2 Å². The number of Topliss-reactive ketones (excluding diaryl/α,β-unsaturated/α-hetero) is 1. The van der Waals surface area contributed by atoms with Gasteiger partial charge in [-0.1, -0.05) is 30.3 Å². The first-order valence-electron chi connectivity index (χ1n) is 7.91. The van der Waals surface area contributed by atoms with Gasteiger partial charge in [0.05, 0.1) is 4.92 Å². The number of carbonyl (C=O) groups excluding carboxylic acids is 2. The zero-order valence-corrected chi connectivity index (χ0v) is 13.7. The number of hydrogen-bond donors (Lipinski definition) is 0. The number of pyridine rings is 1. The summed E-state index contributed by atoms with van der Waals surface area (Å²) in [5.41, 5.74) is 1.48. The SMILES string of the molecule is O=C(C[n+]1ccc(C(=O)c2ccccc2)cc1)c1ccc([N+](=O)[O-])cc1. The van der Waals surface area contributed by atoms with Crippen molar-refractivity contribution in [1.82, 2.24) is 0 Å². The fraction of sp³-hybridized carbons (Fsp3) is 0.0500. The number of non-ortho nitro benzene ring substituents is 1. The molecule has 0 aliphatic heterocycles. The molecule has 6 heteroatoms. The van der Waals surface area contributed by atoms with Crippen LogP contribution in [0.2, 0.25) is 0 Å². The third kappa shape index (κ3) is 3.87. The van der Waals surface area contributed by atoms with E-state index in [9.17, 15) is 19.7 Å². The van der Waals surface area contributed by atoms with E-state index in [0.717, 1.165) is 0 Å². The summed E-state index contributed by atoms with van der Waals surface area (Å²) in [6, 6.07) is 17.8.